The quantitative estimate of drug-likeness (QED) is 0.781. The molecule has 6 nitrogen and oxygen atoms in total. The topological polar surface area (TPSA) is 80.9 Å². The number of benzene rings is 1. The highest BCUT2D eigenvalue weighted by Gasteiger charge is 2.25. The highest BCUT2D eigenvalue weighted by Crippen LogP contribution is 2.29. The van der Waals surface area contributed by atoms with Gasteiger partial charge in [-0.2, -0.15) is 0 Å². The van der Waals surface area contributed by atoms with Gasteiger partial charge in [0, 0.05) is 23.5 Å². The number of nitrogens with zero attached hydrogens (tertiary/aromatic N) is 3. The van der Waals surface area contributed by atoms with Crippen LogP contribution in [0.2, 0.25) is 0 Å². The van der Waals surface area contributed by atoms with Crippen LogP contribution in [0.15, 0.2) is 41.1 Å². The van der Waals surface area contributed by atoms with E-state index in [1.807, 2.05) is 6.92 Å². The fourth-order valence-corrected chi connectivity index (χ4v) is 3.20. The lowest BCUT2D eigenvalue weighted by Gasteiger charge is -2.25. The number of aryl methyl sites for hydroxylation is 2. The number of amides is 1. The summed E-state index contributed by atoms with van der Waals surface area (Å²) in [6.07, 6.45) is 4.40. The molecular weight excluding hydrogens is 335 g/mol. The maximum absolute atomic E-state index is 13.9. The molecule has 26 heavy (non-hydrogen) atoms. The zero-order valence-electron chi connectivity index (χ0n) is 14.2. The Bertz CT molecular complexity index is 970. The van der Waals surface area contributed by atoms with Gasteiger partial charge in [-0.05, 0) is 38.3 Å². The third-order valence-electron chi connectivity index (χ3n) is 4.49. The Morgan fingerprint density at radius 2 is 2.19 bits per heavy atom. The second-order valence-electron chi connectivity index (χ2n) is 6.29. The Hall–Kier alpha value is -3.09. The van der Waals surface area contributed by atoms with Crippen molar-refractivity contribution in [3.63, 3.8) is 0 Å². The fraction of sp³-hybridized carbons (Fsp3) is 0.263. The molecule has 1 aliphatic carbocycles. The Balaban J connectivity index is 1.54. The summed E-state index contributed by atoms with van der Waals surface area (Å²) >= 11 is 0. The highest BCUT2D eigenvalue weighted by molar-refractivity contribution is 5.93. The number of hydrogen-bond donors (Lipinski definition) is 1. The first-order valence-corrected chi connectivity index (χ1v) is 8.46. The van der Waals surface area contributed by atoms with E-state index in [4.69, 9.17) is 4.52 Å². The van der Waals surface area contributed by atoms with E-state index in [0.717, 1.165) is 36.3 Å². The van der Waals surface area contributed by atoms with Crippen molar-refractivity contribution in [2.45, 2.75) is 32.2 Å². The molecule has 2 aromatic heterocycles. The second kappa shape index (κ2) is 6.67. The molecule has 0 saturated carbocycles. The second-order valence-corrected chi connectivity index (χ2v) is 6.29. The summed E-state index contributed by atoms with van der Waals surface area (Å²) in [5.74, 6) is 0.150. The summed E-state index contributed by atoms with van der Waals surface area (Å²) < 4.78 is 19.0. The predicted molar refractivity (Wildman–Crippen MR) is 91.8 cm³/mol. The molecule has 0 fully saturated rings. The number of nitrogens with one attached hydrogen (secondary N) is 1. The van der Waals surface area contributed by atoms with Crippen LogP contribution < -0.4 is 5.32 Å². The molecule has 0 saturated heterocycles. The SMILES string of the molecule is Cc1ncc2c(n1)CCC[C@@H]2NC(=O)c1cc(-c2ccccc2F)on1. The summed E-state index contributed by atoms with van der Waals surface area (Å²) in [5, 5.41) is 6.74. The first-order chi connectivity index (χ1) is 12.6. The minimum absolute atomic E-state index is 0.114. The van der Waals surface area contributed by atoms with Gasteiger partial charge >= 0.3 is 0 Å². The van der Waals surface area contributed by atoms with Crippen molar-refractivity contribution >= 4 is 5.91 Å². The number of fused-ring (bicyclic) bond motifs is 1. The molecule has 0 unspecified atom stereocenters. The fourth-order valence-electron chi connectivity index (χ4n) is 3.20. The van der Waals surface area contributed by atoms with E-state index in [0.29, 0.717) is 0 Å². The van der Waals surface area contributed by atoms with Crippen LogP contribution in [-0.2, 0) is 6.42 Å². The van der Waals surface area contributed by atoms with Gasteiger partial charge in [0.05, 0.1) is 11.6 Å². The Morgan fingerprint density at radius 3 is 3.04 bits per heavy atom. The van der Waals surface area contributed by atoms with Gasteiger partial charge in [-0.15, -0.1) is 0 Å². The molecule has 132 valence electrons. The molecule has 1 atom stereocenters. The van der Waals surface area contributed by atoms with Crippen molar-refractivity contribution in [3.8, 4) is 11.3 Å². The predicted octanol–water partition coefficient (Wildman–Crippen LogP) is 3.39. The van der Waals surface area contributed by atoms with Crippen molar-refractivity contribution in [2.75, 3.05) is 0 Å². The lowest BCUT2D eigenvalue weighted by molar-refractivity contribution is 0.0923. The zero-order chi connectivity index (χ0) is 18.1. The van der Waals surface area contributed by atoms with Crippen molar-refractivity contribution in [2.24, 2.45) is 0 Å². The normalized spacial score (nSPS) is 16.2. The average Bonchev–Trinajstić information content (AvgIpc) is 3.12. The third kappa shape index (κ3) is 3.08. The number of carbonyl (C=O) groups excluding carboxylic acids is 1. The van der Waals surface area contributed by atoms with Crippen LogP contribution in [0.25, 0.3) is 11.3 Å². The summed E-state index contributed by atoms with van der Waals surface area (Å²) in [7, 11) is 0. The van der Waals surface area contributed by atoms with E-state index in [1.54, 1.807) is 24.4 Å². The number of aromatic nitrogens is 3. The summed E-state index contributed by atoms with van der Waals surface area (Å²) in [6, 6.07) is 7.48. The number of hydrogen-bond acceptors (Lipinski definition) is 5. The summed E-state index contributed by atoms with van der Waals surface area (Å²) in [4.78, 5) is 21.2. The van der Waals surface area contributed by atoms with Crippen LogP contribution in [0.1, 0.15) is 46.5 Å². The molecule has 1 aliphatic rings. The molecule has 4 rings (SSSR count). The molecular formula is C19H17FN4O2. The van der Waals surface area contributed by atoms with Crippen LogP contribution in [0.4, 0.5) is 4.39 Å². The Morgan fingerprint density at radius 1 is 1.35 bits per heavy atom. The van der Waals surface area contributed by atoms with Gasteiger partial charge in [0.2, 0.25) is 0 Å². The monoisotopic (exact) mass is 352 g/mol. The van der Waals surface area contributed by atoms with Crippen molar-refractivity contribution in [3.05, 3.63) is 65.1 Å². The molecule has 1 aromatic carbocycles. The first-order valence-electron chi connectivity index (χ1n) is 8.46. The van der Waals surface area contributed by atoms with E-state index in [-0.39, 0.29) is 29.0 Å². The standard InChI is InChI=1S/C19H17FN4O2/c1-11-21-10-13-15(22-11)7-4-8-16(13)23-19(25)17-9-18(26-24-17)12-5-2-3-6-14(12)20/h2-3,5-6,9-10,16H,4,7-8H2,1H3,(H,23,25)/t16-/m0/s1. The maximum atomic E-state index is 13.9. The highest BCUT2D eigenvalue weighted by atomic mass is 19.1. The largest absolute Gasteiger partial charge is 0.355 e. The van der Waals surface area contributed by atoms with Crippen LogP contribution in [-0.4, -0.2) is 21.0 Å². The number of halogens is 1. The molecule has 0 aliphatic heterocycles. The number of carbonyl (C=O) groups is 1. The Labute approximate surface area is 149 Å². The summed E-state index contributed by atoms with van der Waals surface area (Å²) in [5.41, 5.74) is 2.30. The van der Waals surface area contributed by atoms with Crippen LogP contribution >= 0.6 is 0 Å². The summed E-state index contributed by atoms with van der Waals surface area (Å²) in [6.45, 7) is 1.85. The average molecular weight is 352 g/mol. The molecule has 0 bridgehead atoms. The van der Waals surface area contributed by atoms with Gasteiger partial charge in [-0.25, -0.2) is 14.4 Å². The van der Waals surface area contributed by atoms with Gasteiger partial charge < -0.3 is 9.84 Å². The molecule has 2 heterocycles. The Kier molecular flexibility index (Phi) is 4.20. The van der Waals surface area contributed by atoms with E-state index in [9.17, 15) is 9.18 Å². The number of rotatable bonds is 3. The minimum atomic E-state index is -0.427. The smallest absolute Gasteiger partial charge is 0.273 e. The molecule has 3 aromatic rings. The van der Waals surface area contributed by atoms with E-state index in [2.05, 4.69) is 20.4 Å². The first kappa shape index (κ1) is 16.4. The lowest BCUT2D eigenvalue weighted by atomic mass is 9.92. The van der Waals surface area contributed by atoms with Gasteiger partial charge in [0.1, 0.15) is 11.6 Å². The van der Waals surface area contributed by atoms with Crippen molar-refractivity contribution < 1.29 is 13.7 Å². The van der Waals surface area contributed by atoms with E-state index in [1.165, 1.54) is 12.1 Å². The molecule has 0 radical (unpaired) electrons. The van der Waals surface area contributed by atoms with Crippen LogP contribution in [0.3, 0.4) is 0 Å². The zero-order valence-corrected chi connectivity index (χ0v) is 14.2. The molecule has 1 amide bonds. The molecule has 1 N–H and O–H groups in total. The third-order valence-corrected chi connectivity index (χ3v) is 4.49. The molecule has 7 heteroatoms. The van der Waals surface area contributed by atoms with E-state index >= 15 is 0 Å². The maximum Gasteiger partial charge on any atom is 0.273 e. The minimum Gasteiger partial charge on any atom is -0.355 e. The lowest BCUT2D eigenvalue weighted by Crippen LogP contribution is -2.31. The van der Waals surface area contributed by atoms with Gasteiger partial charge in [-0.1, -0.05) is 17.3 Å². The van der Waals surface area contributed by atoms with Crippen molar-refractivity contribution in [1.29, 1.82) is 0 Å². The van der Waals surface area contributed by atoms with Crippen LogP contribution in [0.5, 0.6) is 0 Å². The van der Waals surface area contributed by atoms with Gasteiger partial charge in [0.15, 0.2) is 11.5 Å². The van der Waals surface area contributed by atoms with Crippen molar-refractivity contribution in [1.82, 2.24) is 20.4 Å². The van der Waals surface area contributed by atoms with Gasteiger partial charge in [-0.3, -0.25) is 4.79 Å². The van der Waals surface area contributed by atoms with Crippen LogP contribution in [0, 0.1) is 12.7 Å². The van der Waals surface area contributed by atoms with E-state index < -0.39 is 5.82 Å². The molecule has 0 spiro atoms. The van der Waals surface area contributed by atoms with Gasteiger partial charge in [0.25, 0.3) is 5.91 Å².